The minimum Gasteiger partial charge on any atom is -0.491 e. The summed E-state index contributed by atoms with van der Waals surface area (Å²) < 4.78 is 5.76. The molecule has 0 aromatic heterocycles. The minimum atomic E-state index is 0.256. The monoisotopic (exact) mass is 245 g/mol. The Balaban J connectivity index is 1.55. The van der Waals surface area contributed by atoms with E-state index in [0.717, 1.165) is 23.6 Å². The number of nitrogens with one attached hydrogen (secondary N) is 1. The number of benzene rings is 1. The van der Waals surface area contributed by atoms with E-state index < -0.39 is 0 Å². The van der Waals surface area contributed by atoms with Crippen LogP contribution in [0.3, 0.4) is 0 Å². The molecule has 0 radical (unpaired) electrons. The molecule has 0 amide bonds. The van der Waals surface area contributed by atoms with E-state index in [4.69, 9.17) is 4.74 Å². The Labute approximate surface area is 110 Å². The van der Waals surface area contributed by atoms with Crippen molar-refractivity contribution < 1.29 is 4.74 Å². The zero-order valence-electron chi connectivity index (χ0n) is 11.4. The van der Waals surface area contributed by atoms with Gasteiger partial charge in [-0.1, -0.05) is 12.1 Å². The van der Waals surface area contributed by atoms with Crippen LogP contribution in [0.1, 0.15) is 44.6 Å². The van der Waals surface area contributed by atoms with Crippen LogP contribution in [-0.4, -0.2) is 18.7 Å². The van der Waals surface area contributed by atoms with Crippen LogP contribution < -0.4 is 10.1 Å². The molecule has 2 fully saturated rings. The third-order valence-corrected chi connectivity index (χ3v) is 3.83. The van der Waals surface area contributed by atoms with Gasteiger partial charge < -0.3 is 10.1 Å². The SMILES string of the molecule is CC(C)Oc1cccc(C2CC2CNC2CC2)c1. The Morgan fingerprint density at radius 3 is 2.89 bits per heavy atom. The molecule has 18 heavy (non-hydrogen) atoms. The van der Waals surface area contributed by atoms with Crippen molar-refractivity contribution in [3.63, 3.8) is 0 Å². The molecule has 2 unspecified atom stereocenters. The molecule has 1 aromatic carbocycles. The van der Waals surface area contributed by atoms with Crippen LogP contribution in [0.5, 0.6) is 5.75 Å². The van der Waals surface area contributed by atoms with Crippen molar-refractivity contribution in [2.24, 2.45) is 5.92 Å². The largest absolute Gasteiger partial charge is 0.491 e. The van der Waals surface area contributed by atoms with Gasteiger partial charge in [-0.25, -0.2) is 0 Å². The summed E-state index contributed by atoms with van der Waals surface area (Å²) in [7, 11) is 0. The first-order chi connectivity index (χ1) is 8.72. The van der Waals surface area contributed by atoms with E-state index in [1.165, 1.54) is 31.4 Å². The van der Waals surface area contributed by atoms with Gasteiger partial charge in [0.2, 0.25) is 0 Å². The second-order valence-corrected chi connectivity index (χ2v) is 6.02. The third kappa shape index (κ3) is 3.05. The van der Waals surface area contributed by atoms with Gasteiger partial charge in [-0.05, 0) is 69.2 Å². The molecule has 2 atom stereocenters. The van der Waals surface area contributed by atoms with Crippen molar-refractivity contribution in [3.8, 4) is 5.75 Å². The molecule has 0 bridgehead atoms. The lowest BCUT2D eigenvalue weighted by Gasteiger charge is -2.11. The second kappa shape index (κ2) is 4.93. The zero-order valence-corrected chi connectivity index (χ0v) is 11.4. The van der Waals surface area contributed by atoms with Crippen molar-refractivity contribution in [3.05, 3.63) is 29.8 Å². The molecule has 0 aliphatic heterocycles. The van der Waals surface area contributed by atoms with Gasteiger partial charge in [0.15, 0.2) is 0 Å². The Kier molecular flexibility index (Phi) is 3.29. The van der Waals surface area contributed by atoms with Crippen LogP contribution in [-0.2, 0) is 0 Å². The molecule has 2 saturated carbocycles. The molecule has 1 aromatic rings. The molecule has 0 saturated heterocycles. The fraction of sp³-hybridized carbons (Fsp3) is 0.625. The summed E-state index contributed by atoms with van der Waals surface area (Å²) in [4.78, 5) is 0. The maximum Gasteiger partial charge on any atom is 0.119 e. The summed E-state index contributed by atoms with van der Waals surface area (Å²) in [5.74, 6) is 2.62. The van der Waals surface area contributed by atoms with Gasteiger partial charge in [-0.15, -0.1) is 0 Å². The molecule has 98 valence electrons. The van der Waals surface area contributed by atoms with Crippen LogP contribution in [0.2, 0.25) is 0 Å². The zero-order chi connectivity index (χ0) is 12.5. The lowest BCUT2D eigenvalue weighted by Crippen LogP contribution is -2.19. The Hall–Kier alpha value is -1.02. The van der Waals surface area contributed by atoms with E-state index in [-0.39, 0.29) is 6.10 Å². The first-order valence-electron chi connectivity index (χ1n) is 7.22. The summed E-state index contributed by atoms with van der Waals surface area (Å²) in [6.07, 6.45) is 4.36. The lowest BCUT2D eigenvalue weighted by molar-refractivity contribution is 0.242. The molecular formula is C16H23NO. The number of ether oxygens (including phenoxy) is 1. The molecule has 2 aliphatic rings. The minimum absolute atomic E-state index is 0.256. The quantitative estimate of drug-likeness (QED) is 0.830. The second-order valence-electron chi connectivity index (χ2n) is 6.02. The summed E-state index contributed by atoms with van der Waals surface area (Å²) in [6, 6.07) is 9.48. The maximum atomic E-state index is 5.76. The van der Waals surface area contributed by atoms with E-state index in [1.54, 1.807) is 0 Å². The van der Waals surface area contributed by atoms with Gasteiger partial charge in [0.1, 0.15) is 5.75 Å². The molecule has 2 aliphatic carbocycles. The van der Waals surface area contributed by atoms with E-state index >= 15 is 0 Å². The topological polar surface area (TPSA) is 21.3 Å². The van der Waals surface area contributed by atoms with Gasteiger partial charge in [-0.2, -0.15) is 0 Å². The molecule has 0 heterocycles. The van der Waals surface area contributed by atoms with E-state index in [9.17, 15) is 0 Å². The average Bonchev–Trinajstić information content (AvgIpc) is 3.21. The van der Waals surface area contributed by atoms with Gasteiger partial charge in [0, 0.05) is 6.04 Å². The predicted molar refractivity (Wildman–Crippen MR) is 74.1 cm³/mol. The van der Waals surface area contributed by atoms with Crippen LogP contribution in [0.4, 0.5) is 0 Å². The van der Waals surface area contributed by atoms with Gasteiger partial charge in [-0.3, -0.25) is 0 Å². The highest BCUT2D eigenvalue weighted by Gasteiger charge is 2.39. The van der Waals surface area contributed by atoms with Crippen molar-refractivity contribution in [2.75, 3.05) is 6.54 Å². The average molecular weight is 245 g/mol. The highest BCUT2D eigenvalue weighted by Crippen LogP contribution is 2.47. The first-order valence-corrected chi connectivity index (χ1v) is 7.22. The molecular weight excluding hydrogens is 222 g/mol. The molecule has 0 spiro atoms. The van der Waals surface area contributed by atoms with Gasteiger partial charge >= 0.3 is 0 Å². The van der Waals surface area contributed by atoms with Crippen LogP contribution in [0.15, 0.2) is 24.3 Å². The summed E-state index contributed by atoms with van der Waals surface area (Å²) in [6.45, 7) is 5.35. The lowest BCUT2D eigenvalue weighted by atomic mass is 10.1. The van der Waals surface area contributed by atoms with Crippen molar-refractivity contribution in [1.82, 2.24) is 5.32 Å². The van der Waals surface area contributed by atoms with Gasteiger partial charge in [0.25, 0.3) is 0 Å². The summed E-state index contributed by atoms with van der Waals surface area (Å²) >= 11 is 0. The number of hydrogen-bond donors (Lipinski definition) is 1. The van der Waals surface area contributed by atoms with E-state index in [1.807, 2.05) is 0 Å². The molecule has 2 heteroatoms. The highest BCUT2D eigenvalue weighted by atomic mass is 16.5. The molecule has 3 rings (SSSR count). The van der Waals surface area contributed by atoms with Crippen molar-refractivity contribution in [2.45, 2.75) is 51.2 Å². The van der Waals surface area contributed by atoms with E-state index in [2.05, 4.69) is 43.4 Å². The maximum absolute atomic E-state index is 5.76. The number of rotatable bonds is 6. The Morgan fingerprint density at radius 2 is 2.17 bits per heavy atom. The fourth-order valence-electron chi connectivity index (χ4n) is 2.58. The third-order valence-electron chi connectivity index (χ3n) is 3.83. The van der Waals surface area contributed by atoms with E-state index in [0.29, 0.717) is 0 Å². The van der Waals surface area contributed by atoms with Crippen molar-refractivity contribution in [1.29, 1.82) is 0 Å². The normalized spacial score (nSPS) is 26.4. The molecule has 2 nitrogen and oxygen atoms in total. The number of hydrogen-bond acceptors (Lipinski definition) is 2. The Bertz CT molecular complexity index is 411. The molecule has 1 N–H and O–H groups in total. The summed E-state index contributed by atoms with van der Waals surface area (Å²) in [5.41, 5.74) is 1.45. The summed E-state index contributed by atoms with van der Waals surface area (Å²) in [5, 5.41) is 3.63. The highest BCUT2D eigenvalue weighted by molar-refractivity contribution is 5.34. The van der Waals surface area contributed by atoms with Crippen LogP contribution in [0, 0.1) is 5.92 Å². The smallest absolute Gasteiger partial charge is 0.119 e. The predicted octanol–water partition coefficient (Wildman–Crippen LogP) is 3.33. The standard InChI is InChI=1S/C16H23NO/c1-11(2)18-15-5-3-4-12(8-15)16-9-13(16)10-17-14-6-7-14/h3-5,8,11,13-14,16-17H,6-7,9-10H2,1-2H3. The fourth-order valence-corrected chi connectivity index (χ4v) is 2.58. The van der Waals surface area contributed by atoms with Gasteiger partial charge in [0.05, 0.1) is 6.10 Å². The van der Waals surface area contributed by atoms with Crippen LogP contribution >= 0.6 is 0 Å². The van der Waals surface area contributed by atoms with Crippen molar-refractivity contribution >= 4 is 0 Å². The first kappa shape index (κ1) is 12.0. The van der Waals surface area contributed by atoms with Crippen LogP contribution in [0.25, 0.3) is 0 Å². The Morgan fingerprint density at radius 1 is 1.33 bits per heavy atom.